The van der Waals surface area contributed by atoms with E-state index in [0.717, 1.165) is 63.3 Å². The van der Waals surface area contributed by atoms with Crippen LogP contribution in [0.1, 0.15) is 22.5 Å². The average Bonchev–Trinajstić information content (AvgIpc) is 3.07. The van der Waals surface area contributed by atoms with Gasteiger partial charge in [0, 0.05) is 75.9 Å². The molecule has 0 aliphatic carbocycles. The fourth-order valence-corrected chi connectivity index (χ4v) is 5.31. The molecule has 0 spiro atoms. The highest BCUT2D eigenvalue weighted by atomic mass is 32.2. The quantitative estimate of drug-likeness (QED) is 0.659. The van der Waals surface area contributed by atoms with E-state index < -0.39 is 9.84 Å². The Labute approximate surface area is 172 Å². The third kappa shape index (κ3) is 5.55. The zero-order chi connectivity index (χ0) is 20.1. The number of hydrogen-bond acceptors (Lipinski definition) is 8. The lowest BCUT2D eigenvalue weighted by Crippen LogP contribution is -2.35. The second kappa shape index (κ2) is 9.23. The third-order valence-electron chi connectivity index (χ3n) is 5.92. The number of aromatic nitrogens is 4. The fraction of sp³-hybridized carbons (Fsp3) is 0.600. The van der Waals surface area contributed by atoms with Crippen molar-refractivity contribution in [3.05, 3.63) is 47.6 Å². The maximum Gasteiger partial charge on any atom is 0.152 e. The van der Waals surface area contributed by atoms with Crippen LogP contribution in [0.15, 0.2) is 25.0 Å². The van der Waals surface area contributed by atoms with Gasteiger partial charge in [-0.05, 0) is 24.0 Å². The first kappa shape index (κ1) is 20.3. The van der Waals surface area contributed by atoms with E-state index in [-0.39, 0.29) is 11.5 Å². The van der Waals surface area contributed by atoms with Crippen molar-refractivity contribution in [2.75, 3.05) is 50.8 Å². The van der Waals surface area contributed by atoms with Crippen molar-refractivity contribution < 1.29 is 8.42 Å². The maximum atomic E-state index is 12.6. The van der Waals surface area contributed by atoms with Crippen LogP contribution in [-0.4, -0.2) is 88.9 Å². The number of sulfone groups is 1. The molecule has 0 fully saturated rings. The van der Waals surface area contributed by atoms with Gasteiger partial charge in [0.1, 0.15) is 12.7 Å². The summed E-state index contributed by atoms with van der Waals surface area (Å²) in [6.45, 7) is 4.61. The van der Waals surface area contributed by atoms with Gasteiger partial charge in [-0.1, -0.05) is 0 Å². The van der Waals surface area contributed by atoms with Crippen molar-refractivity contribution in [1.29, 1.82) is 0 Å². The van der Waals surface area contributed by atoms with Crippen LogP contribution >= 0.6 is 0 Å². The summed E-state index contributed by atoms with van der Waals surface area (Å²) < 4.78 is 25.3. The lowest BCUT2D eigenvalue weighted by molar-refractivity contribution is 0.299. The first-order chi connectivity index (χ1) is 14.1. The Bertz CT molecular complexity index is 813. The van der Waals surface area contributed by atoms with Gasteiger partial charge in [-0.15, -0.1) is 0 Å². The van der Waals surface area contributed by atoms with Gasteiger partial charge in [-0.3, -0.25) is 0 Å². The highest BCUT2D eigenvalue weighted by molar-refractivity contribution is 7.91. The van der Waals surface area contributed by atoms with Crippen LogP contribution in [-0.2, 0) is 35.5 Å². The highest BCUT2D eigenvalue weighted by Gasteiger charge is 2.20. The molecule has 0 saturated heterocycles. The molecule has 29 heavy (non-hydrogen) atoms. The largest absolute Gasteiger partial charge is 0.302 e. The highest BCUT2D eigenvalue weighted by Crippen LogP contribution is 2.13. The summed E-state index contributed by atoms with van der Waals surface area (Å²) in [7, 11) is -3.08. The molecule has 2 aromatic heterocycles. The number of hydrogen-bond donors (Lipinski definition) is 0. The summed E-state index contributed by atoms with van der Waals surface area (Å²) in [5.74, 6) is 0.434. The third-order valence-corrected chi connectivity index (χ3v) is 7.53. The lowest BCUT2D eigenvalue weighted by Gasteiger charge is -2.21. The molecule has 2 aliphatic heterocycles. The molecule has 0 radical (unpaired) electrons. The maximum absolute atomic E-state index is 12.6. The van der Waals surface area contributed by atoms with Gasteiger partial charge in [0.15, 0.2) is 9.84 Å². The predicted molar refractivity (Wildman–Crippen MR) is 110 cm³/mol. The molecule has 9 heteroatoms. The van der Waals surface area contributed by atoms with E-state index >= 15 is 0 Å². The molecule has 0 bridgehead atoms. The van der Waals surface area contributed by atoms with Gasteiger partial charge < -0.3 is 9.80 Å². The Morgan fingerprint density at radius 1 is 0.724 bits per heavy atom. The molecule has 2 aromatic rings. The van der Waals surface area contributed by atoms with E-state index in [9.17, 15) is 8.42 Å². The van der Waals surface area contributed by atoms with Crippen molar-refractivity contribution >= 4 is 9.84 Å². The Balaban J connectivity index is 1.23. The molecular weight excluding hydrogens is 388 g/mol. The summed E-state index contributed by atoms with van der Waals surface area (Å²) >= 11 is 0. The second-order valence-electron chi connectivity index (χ2n) is 7.82. The number of rotatable bonds is 6. The van der Waals surface area contributed by atoms with Gasteiger partial charge in [-0.25, -0.2) is 28.4 Å². The zero-order valence-corrected chi connectivity index (χ0v) is 17.5. The van der Waals surface area contributed by atoms with Crippen LogP contribution < -0.4 is 0 Å². The topological polar surface area (TPSA) is 92.2 Å². The minimum atomic E-state index is -3.08. The molecule has 0 unspecified atom stereocenters. The first-order valence-electron chi connectivity index (χ1n) is 10.3. The van der Waals surface area contributed by atoms with E-state index in [0.29, 0.717) is 13.1 Å². The smallest absolute Gasteiger partial charge is 0.152 e. The van der Waals surface area contributed by atoms with Gasteiger partial charge in [0.25, 0.3) is 0 Å². The Morgan fingerprint density at radius 2 is 1.17 bits per heavy atom. The normalized spacial score (nSPS) is 18.5. The molecule has 156 valence electrons. The molecule has 8 nitrogen and oxygen atoms in total. The van der Waals surface area contributed by atoms with Gasteiger partial charge in [0.05, 0.1) is 11.5 Å². The van der Waals surface area contributed by atoms with Crippen molar-refractivity contribution in [3.8, 4) is 0 Å². The number of fused-ring (bicyclic) bond motifs is 2. The second-order valence-corrected chi connectivity index (χ2v) is 10.1. The molecule has 0 saturated carbocycles. The SMILES string of the molecule is O=S(=O)(CCN1CCc2cncnc2CC1)CCN1CCc2cncnc2CC1. The molecular formula is C20H28N6O2S. The Hall–Kier alpha value is -1.97. The summed E-state index contributed by atoms with van der Waals surface area (Å²) in [6, 6.07) is 0. The Kier molecular flexibility index (Phi) is 6.46. The van der Waals surface area contributed by atoms with Gasteiger partial charge in [-0.2, -0.15) is 0 Å². The molecule has 4 rings (SSSR count). The standard InChI is InChI=1S/C20H28N6O2S/c27-29(28,11-9-25-5-1-17-13-21-15-23-19(17)3-7-25)12-10-26-6-2-18-14-22-16-24-20(18)4-8-26/h13-16H,1-12H2. The summed E-state index contributed by atoms with van der Waals surface area (Å²) in [5, 5.41) is 0. The van der Waals surface area contributed by atoms with Crippen molar-refractivity contribution in [2.24, 2.45) is 0 Å². The van der Waals surface area contributed by atoms with E-state index in [1.807, 2.05) is 12.4 Å². The van der Waals surface area contributed by atoms with Crippen molar-refractivity contribution in [3.63, 3.8) is 0 Å². The molecule has 0 amide bonds. The predicted octanol–water partition coefficient (Wildman–Crippen LogP) is 0.183. The zero-order valence-electron chi connectivity index (χ0n) is 16.7. The molecule has 0 atom stereocenters. The van der Waals surface area contributed by atoms with Crippen molar-refractivity contribution in [2.45, 2.75) is 25.7 Å². The average molecular weight is 417 g/mol. The Morgan fingerprint density at radius 3 is 1.66 bits per heavy atom. The van der Waals surface area contributed by atoms with Crippen LogP contribution in [0.5, 0.6) is 0 Å². The minimum Gasteiger partial charge on any atom is -0.302 e. The first-order valence-corrected chi connectivity index (χ1v) is 12.1. The summed E-state index contributed by atoms with van der Waals surface area (Å²) in [5.41, 5.74) is 4.56. The molecule has 2 aliphatic rings. The fourth-order valence-electron chi connectivity index (χ4n) is 4.03. The summed E-state index contributed by atoms with van der Waals surface area (Å²) in [4.78, 5) is 21.4. The van der Waals surface area contributed by atoms with E-state index in [1.165, 1.54) is 11.1 Å². The van der Waals surface area contributed by atoms with Crippen molar-refractivity contribution in [1.82, 2.24) is 29.7 Å². The van der Waals surface area contributed by atoms with Crippen LogP contribution in [0.3, 0.4) is 0 Å². The van der Waals surface area contributed by atoms with E-state index in [1.54, 1.807) is 12.7 Å². The van der Waals surface area contributed by atoms with Crippen LogP contribution in [0.25, 0.3) is 0 Å². The lowest BCUT2D eigenvalue weighted by atomic mass is 10.1. The van der Waals surface area contributed by atoms with Crippen LogP contribution in [0, 0.1) is 0 Å². The monoisotopic (exact) mass is 416 g/mol. The van der Waals surface area contributed by atoms with E-state index in [2.05, 4.69) is 29.7 Å². The van der Waals surface area contributed by atoms with Gasteiger partial charge >= 0.3 is 0 Å². The minimum absolute atomic E-state index is 0.217. The van der Waals surface area contributed by atoms with Crippen LogP contribution in [0.2, 0.25) is 0 Å². The van der Waals surface area contributed by atoms with Crippen LogP contribution in [0.4, 0.5) is 0 Å². The van der Waals surface area contributed by atoms with Gasteiger partial charge in [0.2, 0.25) is 0 Å². The number of nitrogens with zero attached hydrogens (tertiary/aromatic N) is 6. The summed E-state index contributed by atoms with van der Waals surface area (Å²) in [6.07, 6.45) is 10.4. The molecule has 0 N–H and O–H groups in total. The molecule has 0 aromatic carbocycles. The van der Waals surface area contributed by atoms with E-state index in [4.69, 9.17) is 0 Å². The molecule has 4 heterocycles.